The molecule has 25 heavy (non-hydrogen) atoms. The smallest absolute Gasteiger partial charge is 0.660 e. The van der Waals surface area contributed by atoms with Crippen molar-refractivity contribution in [3.8, 4) is 0 Å². The second-order valence-corrected chi connectivity index (χ2v) is 8.66. The first kappa shape index (κ1) is 19.8. The van der Waals surface area contributed by atoms with Gasteiger partial charge in [-0.1, -0.05) is 0 Å². The van der Waals surface area contributed by atoms with Crippen molar-refractivity contribution in [2.75, 3.05) is 12.3 Å². The number of fused-ring (bicyclic) bond motifs is 2. The average molecular weight is 462 g/mol. The maximum Gasteiger partial charge on any atom is 1.00 e. The molecule has 0 bridgehead atoms. The van der Waals surface area contributed by atoms with Crippen LogP contribution >= 0.6 is 22.7 Å². The minimum Gasteiger partial charge on any atom is -0.660 e. The molecule has 0 spiro atoms. The number of nitrogen functional groups attached to an aromatic ring is 1. The maximum absolute atomic E-state index is 11.9. The molecule has 0 amide bonds. The van der Waals surface area contributed by atoms with E-state index in [0.717, 1.165) is 0 Å². The Morgan fingerprint density at radius 3 is 2.92 bits per heavy atom. The molecule has 2 aliphatic rings. The summed E-state index contributed by atoms with van der Waals surface area (Å²) in [4.78, 5) is 22.4. The number of aromatic amines is 1. The molecular formula is C10H10BrN5NaO6PS. The van der Waals surface area contributed by atoms with Crippen molar-refractivity contribution >= 4 is 52.1 Å². The van der Waals surface area contributed by atoms with Crippen LogP contribution < -0.4 is 40.9 Å². The van der Waals surface area contributed by atoms with Gasteiger partial charge in [0.1, 0.15) is 18.3 Å². The number of H-pyrrole nitrogens is 1. The van der Waals surface area contributed by atoms with Gasteiger partial charge in [0.2, 0.25) is 5.95 Å². The van der Waals surface area contributed by atoms with E-state index in [1.165, 1.54) is 4.57 Å². The molecule has 0 radical (unpaired) electrons. The van der Waals surface area contributed by atoms with E-state index < -0.39 is 36.9 Å². The van der Waals surface area contributed by atoms with Crippen LogP contribution in [0.4, 0.5) is 5.95 Å². The number of nitrogens with zero attached hydrogens (tertiary/aromatic N) is 3. The third-order valence-electron chi connectivity index (χ3n) is 3.74. The van der Waals surface area contributed by atoms with Crippen LogP contribution in [0.3, 0.4) is 0 Å². The van der Waals surface area contributed by atoms with Gasteiger partial charge in [-0.2, -0.15) is 4.98 Å². The standard InChI is InChI=1S/C10H11BrN5O6PS.Na/c11-9-13-3-6(14-10(12)15-7(3)18)16(9)8-4(17)5-2(21-8)1-20-23(19,24)22-5;/h2,4-5,8,17H,1H2,(H,19,24)(H3,12,14,15,18);/q;+1/p-1/t2-,4-,5-,8-,23?;/m1./s1. The topological polar surface area (TPSA) is 155 Å². The van der Waals surface area contributed by atoms with Gasteiger partial charge in [0, 0.05) is 0 Å². The molecule has 2 aliphatic heterocycles. The van der Waals surface area contributed by atoms with E-state index in [9.17, 15) is 14.5 Å². The fourth-order valence-corrected chi connectivity index (χ4v) is 4.72. The quantitative estimate of drug-likeness (QED) is 0.171. The van der Waals surface area contributed by atoms with Crippen molar-refractivity contribution in [2.24, 2.45) is 0 Å². The second-order valence-electron chi connectivity index (χ2n) is 5.24. The maximum atomic E-state index is 11.9. The number of anilines is 1. The van der Waals surface area contributed by atoms with Crippen molar-refractivity contribution in [2.45, 2.75) is 24.5 Å². The van der Waals surface area contributed by atoms with Gasteiger partial charge in [-0.25, -0.2) is 4.98 Å². The number of ether oxygens (including phenoxy) is 1. The van der Waals surface area contributed by atoms with Crippen molar-refractivity contribution < 1.29 is 53.0 Å². The molecule has 2 saturated heterocycles. The van der Waals surface area contributed by atoms with Gasteiger partial charge >= 0.3 is 29.6 Å². The first-order chi connectivity index (χ1) is 11.3. The van der Waals surface area contributed by atoms with Crippen LogP contribution in [-0.4, -0.2) is 49.5 Å². The van der Waals surface area contributed by atoms with Crippen LogP contribution in [0.15, 0.2) is 9.53 Å². The number of nitrogens with one attached hydrogen (secondary N) is 1. The summed E-state index contributed by atoms with van der Waals surface area (Å²) in [7, 11) is 0. The Balaban J connectivity index is 0.00000182. The van der Waals surface area contributed by atoms with Gasteiger partial charge in [0.15, 0.2) is 28.9 Å². The monoisotopic (exact) mass is 461 g/mol. The van der Waals surface area contributed by atoms with Crippen molar-refractivity contribution in [1.29, 1.82) is 0 Å². The van der Waals surface area contributed by atoms with Crippen LogP contribution in [-0.2, 0) is 30.6 Å². The molecule has 2 aromatic rings. The number of imidazole rings is 1. The SMILES string of the molecule is Nc1nc2c(nc(Br)n2[C@@H]2O[C@@H]3COP(=O)([S-])O[C@H]3[C@H]2O)c(=O)[nH]1.[Na+]. The summed E-state index contributed by atoms with van der Waals surface area (Å²) < 4.78 is 29.1. The Morgan fingerprint density at radius 2 is 2.20 bits per heavy atom. The number of aliphatic hydroxyl groups excluding tert-OH is 1. The van der Waals surface area contributed by atoms with Crippen molar-refractivity contribution in [1.82, 2.24) is 19.5 Å². The van der Waals surface area contributed by atoms with Crippen molar-refractivity contribution in [3.05, 3.63) is 15.1 Å². The summed E-state index contributed by atoms with van der Waals surface area (Å²) in [6.45, 7) is -3.74. The van der Waals surface area contributed by atoms with E-state index in [1.807, 2.05) is 0 Å². The zero-order valence-corrected chi connectivity index (χ0v) is 18.0. The number of aromatic nitrogens is 4. The van der Waals surface area contributed by atoms with Crippen LogP contribution in [0.25, 0.3) is 11.2 Å². The number of rotatable bonds is 1. The summed E-state index contributed by atoms with van der Waals surface area (Å²) in [6.07, 6.45) is -3.86. The first-order valence-electron chi connectivity index (χ1n) is 6.67. The van der Waals surface area contributed by atoms with Crippen LogP contribution in [0.2, 0.25) is 0 Å². The van der Waals surface area contributed by atoms with Gasteiger partial charge in [0.05, 0.1) is 6.61 Å². The second kappa shape index (κ2) is 6.89. The molecular weight excluding hydrogens is 452 g/mol. The molecule has 4 N–H and O–H groups in total. The van der Waals surface area contributed by atoms with Crippen LogP contribution in [0, 0.1) is 0 Å². The molecule has 4 heterocycles. The molecule has 15 heteroatoms. The van der Waals surface area contributed by atoms with E-state index in [2.05, 4.69) is 43.1 Å². The summed E-state index contributed by atoms with van der Waals surface area (Å²) in [6, 6.07) is 0. The Kier molecular flexibility index (Phi) is 5.46. The predicted octanol–water partition coefficient (Wildman–Crippen LogP) is -3.20. The summed E-state index contributed by atoms with van der Waals surface area (Å²) in [5.41, 5.74) is 5.18. The van der Waals surface area contributed by atoms with Gasteiger partial charge in [-0.05, 0) is 15.9 Å². The molecule has 11 nitrogen and oxygen atoms in total. The minimum atomic E-state index is -3.66. The molecule has 0 aromatic carbocycles. The molecule has 0 aliphatic carbocycles. The fourth-order valence-electron chi connectivity index (χ4n) is 2.74. The Morgan fingerprint density at radius 1 is 1.48 bits per heavy atom. The zero-order valence-electron chi connectivity index (χ0n) is 12.7. The van der Waals surface area contributed by atoms with Crippen LogP contribution in [0.1, 0.15) is 6.23 Å². The Bertz CT molecular complexity index is 940. The fraction of sp³-hybridized carbons (Fsp3) is 0.500. The number of hydrogen-bond donors (Lipinski definition) is 3. The van der Waals surface area contributed by atoms with Gasteiger partial charge in [-0.15, -0.1) is 0 Å². The largest absolute Gasteiger partial charge is 1.00 e. The average Bonchev–Trinajstić information content (AvgIpc) is 2.96. The van der Waals surface area contributed by atoms with E-state index in [1.54, 1.807) is 0 Å². The number of halogens is 1. The van der Waals surface area contributed by atoms with E-state index in [-0.39, 0.29) is 58.0 Å². The van der Waals surface area contributed by atoms with Gasteiger partial charge in [0.25, 0.3) is 5.56 Å². The number of nitrogens with two attached hydrogens (primary N) is 1. The summed E-state index contributed by atoms with van der Waals surface area (Å²) >= 11 is 7.90. The normalized spacial score (nSPS) is 34.7. The summed E-state index contributed by atoms with van der Waals surface area (Å²) in [5.74, 6) is -0.110. The Hall–Kier alpha value is 0.0500. The molecule has 130 valence electrons. The van der Waals surface area contributed by atoms with E-state index >= 15 is 0 Å². The minimum absolute atomic E-state index is 0. The molecule has 1 unspecified atom stereocenters. The molecule has 5 atom stereocenters. The Labute approximate surface area is 175 Å². The van der Waals surface area contributed by atoms with E-state index in [4.69, 9.17) is 19.5 Å². The predicted molar refractivity (Wildman–Crippen MR) is 86.0 cm³/mol. The molecule has 2 aromatic heterocycles. The summed E-state index contributed by atoms with van der Waals surface area (Å²) in [5, 5.41) is 10.5. The van der Waals surface area contributed by atoms with Crippen molar-refractivity contribution in [3.63, 3.8) is 0 Å². The number of hydrogen-bond acceptors (Lipinski definition) is 10. The molecule has 0 saturated carbocycles. The van der Waals surface area contributed by atoms with Crippen LogP contribution in [0.5, 0.6) is 0 Å². The third kappa shape index (κ3) is 3.35. The number of aliphatic hydroxyl groups is 1. The third-order valence-corrected chi connectivity index (χ3v) is 5.84. The molecule has 2 fully saturated rings. The van der Waals surface area contributed by atoms with E-state index in [0.29, 0.717) is 0 Å². The van der Waals surface area contributed by atoms with Gasteiger partial charge in [-0.3, -0.25) is 18.9 Å². The molecule has 4 rings (SSSR count). The zero-order chi connectivity index (χ0) is 17.2. The van der Waals surface area contributed by atoms with Gasteiger partial charge < -0.3 is 36.9 Å². The first-order valence-corrected chi connectivity index (χ1v) is 10.0.